The zero-order chi connectivity index (χ0) is 19.5. The first kappa shape index (κ1) is 18.0. The summed E-state index contributed by atoms with van der Waals surface area (Å²) in [4.78, 5) is 17.7. The van der Waals surface area contributed by atoms with Crippen LogP contribution in [0, 0.1) is 0 Å². The van der Waals surface area contributed by atoms with E-state index in [2.05, 4.69) is 29.2 Å². The average Bonchev–Trinajstić information content (AvgIpc) is 3.39. The van der Waals surface area contributed by atoms with E-state index in [1.165, 1.54) is 0 Å². The van der Waals surface area contributed by atoms with Crippen molar-refractivity contribution in [1.29, 1.82) is 0 Å². The number of carbonyl (C=O) groups is 1. The van der Waals surface area contributed by atoms with Crippen LogP contribution in [-0.4, -0.2) is 26.6 Å². The van der Waals surface area contributed by atoms with Crippen molar-refractivity contribution in [2.75, 3.05) is 5.32 Å². The Kier molecular flexibility index (Phi) is 4.93. The minimum absolute atomic E-state index is 0.0559. The highest BCUT2D eigenvalue weighted by atomic mass is 16.3. The zero-order valence-corrected chi connectivity index (χ0v) is 15.9. The third-order valence-corrected chi connectivity index (χ3v) is 4.84. The molecule has 0 aliphatic rings. The Hall–Kier alpha value is -3.41. The average molecular weight is 374 g/mol. The molecule has 3 heterocycles. The lowest BCUT2D eigenvalue weighted by Gasteiger charge is -2.17. The van der Waals surface area contributed by atoms with Crippen LogP contribution < -0.4 is 5.32 Å². The van der Waals surface area contributed by atoms with Crippen LogP contribution in [0.3, 0.4) is 0 Å². The first-order valence-corrected chi connectivity index (χ1v) is 9.40. The lowest BCUT2D eigenvalue weighted by Crippen LogP contribution is -2.17. The number of hydrogen-bond donors (Lipinski definition) is 1. The summed E-state index contributed by atoms with van der Waals surface area (Å²) >= 11 is 0. The van der Waals surface area contributed by atoms with Gasteiger partial charge in [0, 0.05) is 17.8 Å². The van der Waals surface area contributed by atoms with Crippen LogP contribution >= 0.6 is 0 Å². The van der Waals surface area contributed by atoms with Crippen LogP contribution in [0.25, 0.3) is 11.0 Å². The van der Waals surface area contributed by atoms with Gasteiger partial charge in [-0.1, -0.05) is 37.3 Å². The van der Waals surface area contributed by atoms with Gasteiger partial charge in [-0.25, -0.2) is 9.67 Å². The Morgan fingerprint density at radius 1 is 1.18 bits per heavy atom. The topological polar surface area (TPSA) is 73.0 Å². The number of benzene rings is 1. The minimum Gasteiger partial charge on any atom is -0.467 e. The summed E-state index contributed by atoms with van der Waals surface area (Å²) in [5.41, 5.74) is 2.68. The molecule has 1 unspecified atom stereocenters. The van der Waals surface area contributed by atoms with Crippen molar-refractivity contribution in [2.24, 2.45) is 0 Å². The van der Waals surface area contributed by atoms with E-state index in [0.717, 1.165) is 23.3 Å². The SMILES string of the molecule is CCC(C)Nc1c(C(=O)c2ccccc2)cnc2c1cnn2Cc1ccco1. The van der Waals surface area contributed by atoms with Gasteiger partial charge in [-0.3, -0.25) is 4.79 Å². The Morgan fingerprint density at radius 2 is 2.00 bits per heavy atom. The van der Waals surface area contributed by atoms with Crippen LogP contribution in [0.1, 0.15) is 41.9 Å². The minimum atomic E-state index is -0.0559. The molecule has 3 aromatic heterocycles. The highest BCUT2D eigenvalue weighted by Gasteiger charge is 2.20. The standard InChI is InChI=1S/C22H22N4O2/c1-3-15(2)25-20-18(21(27)16-8-5-4-6-9-16)12-23-22-19(20)13-24-26(22)14-17-10-7-11-28-17/h4-13,15H,3,14H2,1-2H3,(H,23,25). The highest BCUT2D eigenvalue weighted by molar-refractivity contribution is 6.15. The summed E-state index contributed by atoms with van der Waals surface area (Å²) in [6, 6.07) is 13.2. The quantitative estimate of drug-likeness (QED) is 0.482. The molecule has 0 saturated heterocycles. The molecule has 0 aliphatic heterocycles. The van der Waals surface area contributed by atoms with E-state index in [4.69, 9.17) is 4.42 Å². The second-order valence-corrected chi connectivity index (χ2v) is 6.81. The van der Waals surface area contributed by atoms with Gasteiger partial charge >= 0.3 is 0 Å². The van der Waals surface area contributed by atoms with Gasteiger partial charge in [0.1, 0.15) is 12.3 Å². The molecule has 28 heavy (non-hydrogen) atoms. The number of aromatic nitrogens is 3. The van der Waals surface area contributed by atoms with E-state index in [9.17, 15) is 4.79 Å². The van der Waals surface area contributed by atoms with E-state index < -0.39 is 0 Å². The lowest BCUT2D eigenvalue weighted by atomic mass is 10.0. The van der Waals surface area contributed by atoms with Crippen molar-refractivity contribution < 1.29 is 9.21 Å². The Bertz CT molecular complexity index is 1080. The van der Waals surface area contributed by atoms with Gasteiger partial charge in [0.15, 0.2) is 11.4 Å². The molecular formula is C22H22N4O2. The van der Waals surface area contributed by atoms with Crippen molar-refractivity contribution in [3.05, 3.63) is 78.0 Å². The van der Waals surface area contributed by atoms with E-state index in [0.29, 0.717) is 23.3 Å². The number of furan rings is 1. The molecule has 142 valence electrons. The van der Waals surface area contributed by atoms with Gasteiger partial charge in [0.05, 0.1) is 29.1 Å². The zero-order valence-electron chi connectivity index (χ0n) is 15.9. The number of carbonyl (C=O) groups excluding carboxylic acids is 1. The molecule has 0 amide bonds. The smallest absolute Gasteiger partial charge is 0.196 e. The fourth-order valence-corrected chi connectivity index (χ4v) is 3.11. The number of nitrogens with one attached hydrogen (secondary N) is 1. The summed E-state index contributed by atoms with van der Waals surface area (Å²) in [5.74, 6) is 0.743. The van der Waals surface area contributed by atoms with E-state index >= 15 is 0 Å². The van der Waals surface area contributed by atoms with E-state index in [-0.39, 0.29) is 11.8 Å². The number of hydrogen-bond acceptors (Lipinski definition) is 5. The third kappa shape index (κ3) is 3.41. The Labute approximate surface area is 163 Å². The molecule has 4 rings (SSSR count). The van der Waals surface area contributed by atoms with Crippen molar-refractivity contribution in [2.45, 2.75) is 32.9 Å². The predicted octanol–water partition coefficient (Wildman–Crippen LogP) is 4.51. The summed E-state index contributed by atoms with van der Waals surface area (Å²) in [6.07, 6.45) is 5.98. The van der Waals surface area contributed by atoms with Gasteiger partial charge in [-0.15, -0.1) is 0 Å². The molecule has 0 bridgehead atoms. The molecule has 6 nitrogen and oxygen atoms in total. The molecule has 1 aromatic carbocycles. The molecule has 0 fully saturated rings. The van der Waals surface area contributed by atoms with Crippen LogP contribution in [-0.2, 0) is 6.54 Å². The molecule has 0 aliphatic carbocycles. The molecule has 0 radical (unpaired) electrons. The van der Waals surface area contributed by atoms with Crippen LogP contribution in [0.4, 0.5) is 5.69 Å². The molecule has 0 saturated carbocycles. The lowest BCUT2D eigenvalue weighted by molar-refractivity contribution is 0.103. The molecule has 4 aromatic rings. The van der Waals surface area contributed by atoms with Gasteiger partial charge in [-0.05, 0) is 25.5 Å². The molecule has 6 heteroatoms. The number of nitrogens with zero attached hydrogens (tertiary/aromatic N) is 3. The number of pyridine rings is 1. The molecular weight excluding hydrogens is 352 g/mol. The number of ketones is 1. The van der Waals surface area contributed by atoms with Crippen LogP contribution in [0.5, 0.6) is 0 Å². The summed E-state index contributed by atoms with van der Waals surface area (Å²) in [5, 5.41) is 8.80. The summed E-state index contributed by atoms with van der Waals surface area (Å²) < 4.78 is 7.21. The fraction of sp³-hybridized carbons (Fsp3) is 0.227. The van der Waals surface area contributed by atoms with Crippen molar-refractivity contribution >= 4 is 22.5 Å². The molecule has 1 atom stereocenters. The Morgan fingerprint density at radius 3 is 2.71 bits per heavy atom. The fourth-order valence-electron chi connectivity index (χ4n) is 3.11. The first-order chi connectivity index (χ1) is 13.7. The summed E-state index contributed by atoms with van der Waals surface area (Å²) in [6.45, 7) is 4.68. The molecule has 1 N–H and O–H groups in total. The summed E-state index contributed by atoms with van der Waals surface area (Å²) in [7, 11) is 0. The van der Waals surface area contributed by atoms with Crippen molar-refractivity contribution in [3.8, 4) is 0 Å². The van der Waals surface area contributed by atoms with E-state index in [1.54, 1.807) is 23.3 Å². The number of anilines is 1. The monoisotopic (exact) mass is 374 g/mol. The van der Waals surface area contributed by atoms with Crippen molar-refractivity contribution in [1.82, 2.24) is 14.8 Å². The normalized spacial score (nSPS) is 12.2. The van der Waals surface area contributed by atoms with Gasteiger partial charge < -0.3 is 9.73 Å². The van der Waals surface area contributed by atoms with Crippen LogP contribution in [0.2, 0.25) is 0 Å². The third-order valence-electron chi connectivity index (χ3n) is 4.84. The van der Waals surface area contributed by atoms with Gasteiger partial charge in [-0.2, -0.15) is 5.10 Å². The Balaban J connectivity index is 1.81. The number of fused-ring (bicyclic) bond motifs is 1. The maximum absolute atomic E-state index is 13.1. The van der Waals surface area contributed by atoms with Gasteiger partial charge in [0.2, 0.25) is 0 Å². The first-order valence-electron chi connectivity index (χ1n) is 9.40. The second-order valence-electron chi connectivity index (χ2n) is 6.81. The van der Waals surface area contributed by atoms with Crippen LogP contribution in [0.15, 0.2) is 65.5 Å². The van der Waals surface area contributed by atoms with E-state index in [1.807, 2.05) is 42.5 Å². The molecule has 0 spiro atoms. The van der Waals surface area contributed by atoms with Gasteiger partial charge in [0.25, 0.3) is 0 Å². The number of rotatable bonds is 7. The predicted molar refractivity (Wildman–Crippen MR) is 109 cm³/mol. The maximum Gasteiger partial charge on any atom is 0.196 e. The largest absolute Gasteiger partial charge is 0.467 e. The highest BCUT2D eigenvalue weighted by Crippen LogP contribution is 2.29. The van der Waals surface area contributed by atoms with Crippen molar-refractivity contribution in [3.63, 3.8) is 0 Å². The maximum atomic E-state index is 13.1. The second kappa shape index (κ2) is 7.68.